The summed E-state index contributed by atoms with van der Waals surface area (Å²) < 4.78 is 18.7. The van der Waals surface area contributed by atoms with Crippen LogP contribution >= 0.6 is 0 Å². The van der Waals surface area contributed by atoms with Gasteiger partial charge in [-0.1, -0.05) is 37.3 Å². The number of carbonyl (C=O) groups is 1. The Morgan fingerprint density at radius 2 is 1.91 bits per heavy atom. The number of hydrogen-bond donors (Lipinski definition) is 1. The molecule has 0 heterocycles. The van der Waals surface area contributed by atoms with E-state index in [1.807, 2.05) is 13.0 Å². The van der Waals surface area contributed by atoms with Crippen molar-refractivity contribution in [2.24, 2.45) is 0 Å². The van der Waals surface area contributed by atoms with Crippen LogP contribution in [0.3, 0.4) is 0 Å². The molecule has 4 heteroatoms. The van der Waals surface area contributed by atoms with Crippen molar-refractivity contribution in [2.45, 2.75) is 33.2 Å². The van der Waals surface area contributed by atoms with Crippen molar-refractivity contribution >= 4 is 5.91 Å². The predicted octanol–water partition coefficient (Wildman–Crippen LogP) is 4.09. The van der Waals surface area contributed by atoms with Gasteiger partial charge in [0.15, 0.2) is 18.2 Å². The molecule has 0 saturated heterocycles. The van der Waals surface area contributed by atoms with Gasteiger partial charge in [-0.25, -0.2) is 4.39 Å². The lowest BCUT2D eigenvalue weighted by molar-refractivity contribution is -0.123. The predicted molar refractivity (Wildman–Crippen MR) is 89.0 cm³/mol. The number of hydrogen-bond acceptors (Lipinski definition) is 2. The Morgan fingerprint density at radius 1 is 1.17 bits per heavy atom. The Kier molecular flexibility index (Phi) is 5.74. The Bertz CT molecular complexity index is 685. The maximum absolute atomic E-state index is 13.5. The van der Waals surface area contributed by atoms with E-state index in [9.17, 15) is 9.18 Å². The molecule has 2 aromatic carbocycles. The first-order valence-electron chi connectivity index (χ1n) is 7.75. The quantitative estimate of drug-likeness (QED) is 0.872. The fourth-order valence-electron chi connectivity index (χ4n) is 2.34. The summed E-state index contributed by atoms with van der Waals surface area (Å²) in [7, 11) is 0. The summed E-state index contributed by atoms with van der Waals surface area (Å²) in [6.45, 7) is 5.91. The zero-order valence-corrected chi connectivity index (χ0v) is 13.7. The van der Waals surface area contributed by atoms with E-state index < -0.39 is 5.82 Å². The van der Waals surface area contributed by atoms with Crippen LogP contribution in [0.5, 0.6) is 5.75 Å². The minimum Gasteiger partial charge on any atom is -0.481 e. The van der Waals surface area contributed by atoms with Crippen LogP contribution in [0.25, 0.3) is 0 Å². The molecule has 0 aliphatic heterocycles. The maximum Gasteiger partial charge on any atom is 0.258 e. The van der Waals surface area contributed by atoms with Crippen molar-refractivity contribution in [3.05, 3.63) is 65.0 Å². The van der Waals surface area contributed by atoms with Gasteiger partial charge < -0.3 is 10.1 Å². The molecule has 2 rings (SSSR count). The summed E-state index contributed by atoms with van der Waals surface area (Å²) in [6.07, 6.45) is 0.772. The molecule has 1 amide bonds. The fourth-order valence-corrected chi connectivity index (χ4v) is 2.34. The van der Waals surface area contributed by atoms with Crippen LogP contribution in [-0.4, -0.2) is 12.5 Å². The third kappa shape index (κ3) is 4.55. The molecule has 0 aliphatic rings. The van der Waals surface area contributed by atoms with E-state index in [2.05, 4.69) is 31.3 Å². The Labute approximate surface area is 136 Å². The van der Waals surface area contributed by atoms with E-state index >= 15 is 0 Å². The third-order valence-corrected chi connectivity index (χ3v) is 3.87. The number of carbonyl (C=O) groups excluding carboxylic acids is 1. The van der Waals surface area contributed by atoms with E-state index in [1.165, 1.54) is 23.3 Å². The molecule has 0 radical (unpaired) electrons. The number of aryl methyl sites for hydroxylation is 2. The summed E-state index contributed by atoms with van der Waals surface area (Å²) in [6, 6.07) is 12.1. The molecule has 0 aliphatic carbocycles. The molecule has 1 N–H and O–H groups in total. The number of rotatable bonds is 6. The second-order valence-electron chi connectivity index (χ2n) is 5.59. The van der Waals surface area contributed by atoms with Gasteiger partial charge in [0.25, 0.3) is 5.91 Å². The Hall–Kier alpha value is -2.36. The van der Waals surface area contributed by atoms with Crippen molar-refractivity contribution in [3.8, 4) is 5.75 Å². The minimum absolute atomic E-state index is 0.0778. The van der Waals surface area contributed by atoms with Crippen molar-refractivity contribution in [1.29, 1.82) is 0 Å². The maximum atomic E-state index is 13.5. The molecular weight excluding hydrogens is 293 g/mol. The molecule has 3 nitrogen and oxygen atoms in total. The van der Waals surface area contributed by atoms with Gasteiger partial charge in [-0.05, 0) is 49.1 Å². The Balaban J connectivity index is 1.97. The highest BCUT2D eigenvalue weighted by Gasteiger charge is 2.14. The lowest BCUT2D eigenvalue weighted by atomic mass is 9.99. The molecule has 23 heavy (non-hydrogen) atoms. The van der Waals surface area contributed by atoms with Crippen LogP contribution in [0.1, 0.15) is 36.1 Å². The molecule has 2 aromatic rings. The number of para-hydroxylation sites is 1. The highest BCUT2D eigenvalue weighted by molar-refractivity contribution is 5.78. The van der Waals surface area contributed by atoms with Crippen LogP contribution in [0.15, 0.2) is 42.5 Å². The minimum atomic E-state index is -0.471. The van der Waals surface area contributed by atoms with Gasteiger partial charge >= 0.3 is 0 Å². The molecule has 0 bridgehead atoms. The molecule has 122 valence electrons. The molecule has 0 spiro atoms. The SMILES string of the molecule is CCC(NC(=O)COc1ccccc1F)c1ccc(C)c(C)c1. The Morgan fingerprint density at radius 3 is 2.57 bits per heavy atom. The number of nitrogens with one attached hydrogen (secondary N) is 1. The monoisotopic (exact) mass is 315 g/mol. The molecule has 1 unspecified atom stereocenters. The van der Waals surface area contributed by atoms with Gasteiger partial charge in [-0.15, -0.1) is 0 Å². The molecular formula is C19H22FNO2. The second-order valence-corrected chi connectivity index (χ2v) is 5.59. The van der Waals surface area contributed by atoms with Gasteiger partial charge in [-0.2, -0.15) is 0 Å². The lowest BCUT2D eigenvalue weighted by Gasteiger charge is -2.19. The summed E-state index contributed by atoms with van der Waals surface area (Å²) in [5, 5.41) is 2.93. The van der Waals surface area contributed by atoms with E-state index in [0.29, 0.717) is 0 Å². The second kappa shape index (κ2) is 7.77. The summed E-state index contributed by atoms with van der Waals surface area (Å²) in [5.41, 5.74) is 3.48. The topological polar surface area (TPSA) is 38.3 Å². The highest BCUT2D eigenvalue weighted by Crippen LogP contribution is 2.20. The van der Waals surface area contributed by atoms with Crippen LogP contribution < -0.4 is 10.1 Å². The van der Waals surface area contributed by atoms with Gasteiger partial charge in [0.2, 0.25) is 0 Å². The van der Waals surface area contributed by atoms with E-state index in [-0.39, 0.29) is 24.3 Å². The zero-order valence-electron chi connectivity index (χ0n) is 13.7. The van der Waals surface area contributed by atoms with Crippen LogP contribution in [0.2, 0.25) is 0 Å². The largest absolute Gasteiger partial charge is 0.481 e. The summed E-state index contributed by atoms with van der Waals surface area (Å²) in [4.78, 5) is 12.1. The van der Waals surface area contributed by atoms with E-state index in [4.69, 9.17) is 4.74 Å². The first-order valence-corrected chi connectivity index (χ1v) is 7.75. The number of amides is 1. The van der Waals surface area contributed by atoms with E-state index in [1.54, 1.807) is 12.1 Å². The smallest absolute Gasteiger partial charge is 0.258 e. The third-order valence-electron chi connectivity index (χ3n) is 3.87. The lowest BCUT2D eigenvalue weighted by Crippen LogP contribution is -2.32. The molecule has 0 saturated carbocycles. The summed E-state index contributed by atoms with van der Waals surface area (Å²) >= 11 is 0. The summed E-state index contributed by atoms with van der Waals surface area (Å²) in [5.74, 6) is -0.651. The van der Waals surface area contributed by atoms with Crippen LogP contribution in [0.4, 0.5) is 4.39 Å². The fraction of sp³-hybridized carbons (Fsp3) is 0.316. The van der Waals surface area contributed by atoms with Gasteiger partial charge in [0, 0.05) is 0 Å². The van der Waals surface area contributed by atoms with Crippen molar-refractivity contribution in [3.63, 3.8) is 0 Å². The number of ether oxygens (including phenoxy) is 1. The first-order chi connectivity index (χ1) is 11.0. The first kappa shape index (κ1) is 17.0. The standard InChI is InChI=1S/C19H22FNO2/c1-4-17(15-10-9-13(2)14(3)11-15)21-19(22)12-23-18-8-6-5-7-16(18)20/h5-11,17H,4,12H2,1-3H3,(H,21,22). The van der Waals surface area contributed by atoms with E-state index in [0.717, 1.165) is 12.0 Å². The average molecular weight is 315 g/mol. The number of halogens is 1. The normalized spacial score (nSPS) is 11.8. The average Bonchev–Trinajstić information content (AvgIpc) is 2.54. The zero-order chi connectivity index (χ0) is 16.8. The van der Waals surface area contributed by atoms with Crippen molar-refractivity contribution in [1.82, 2.24) is 5.32 Å². The van der Waals surface area contributed by atoms with Gasteiger partial charge in [0.1, 0.15) is 0 Å². The molecule has 0 fully saturated rings. The van der Waals surface area contributed by atoms with Crippen LogP contribution in [0, 0.1) is 19.7 Å². The van der Waals surface area contributed by atoms with Crippen molar-refractivity contribution in [2.75, 3.05) is 6.61 Å². The number of benzene rings is 2. The van der Waals surface area contributed by atoms with Crippen molar-refractivity contribution < 1.29 is 13.9 Å². The highest BCUT2D eigenvalue weighted by atomic mass is 19.1. The van der Waals surface area contributed by atoms with Gasteiger partial charge in [-0.3, -0.25) is 4.79 Å². The molecule has 0 aromatic heterocycles. The van der Waals surface area contributed by atoms with Gasteiger partial charge in [0.05, 0.1) is 6.04 Å². The van der Waals surface area contributed by atoms with Crippen LogP contribution in [-0.2, 0) is 4.79 Å². The molecule has 1 atom stereocenters.